The fourth-order valence-corrected chi connectivity index (χ4v) is 2.55. The van der Waals surface area contributed by atoms with E-state index in [0.29, 0.717) is 24.4 Å². The van der Waals surface area contributed by atoms with Crippen LogP contribution in [0.25, 0.3) is 0 Å². The molecule has 5 heteroatoms. The molecule has 118 valence electrons. The molecule has 2 N–H and O–H groups in total. The lowest BCUT2D eigenvalue weighted by Crippen LogP contribution is -2.30. The number of halogens is 2. The van der Waals surface area contributed by atoms with Gasteiger partial charge in [0.2, 0.25) is 0 Å². The minimum atomic E-state index is -0.422. The first kappa shape index (κ1) is 17.9. The van der Waals surface area contributed by atoms with Crippen LogP contribution in [-0.4, -0.2) is 24.2 Å². The molecule has 21 heavy (non-hydrogen) atoms. The van der Waals surface area contributed by atoms with E-state index < -0.39 is 5.82 Å². The highest BCUT2D eigenvalue weighted by molar-refractivity contribution is 6.33. The fraction of sp³-hybridized carbons (Fsp3) is 0.562. The van der Waals surface area contributed by atoms with Crippen molar-refractivity contribution in [1.29, 1.82) is 0 Å². The average molecular weight is 316 g/mol. The molecule has 0 bridgehead atoms. The van der Waals surface area contributed by atoms with Gasteiger partial charge in [-0.05, 0) is 49.3 Å². The Hall–Kier alpha value is -1.13. The van der Waals surface area contributed by atoms with Crippen LogP contribution < -0.4 is 5.32 Å². The fourth-order valence-electron chi connectivity index (χ4n) is 2.32. The van der Waals surface area contributed by atoms with Crippen molar-refractivity contribution in [3.8, 4) is 0 Å². The number of hydrogen-bond donors (Lipinski definition) is 2. The first-order valence-electron chi connectivity index (χ1n) is 7.19. The molecule has 0 aliphatic carbocycles. The molecule has 0 aromatic heterocycles. The lowest BCUT2D eigenvalue weighted by atomic mass is 9.94. The van der Waals surface area contributed by atoms with Gasteiger partial charge >= 0.3 is 0 Å². The molecule has 1 amide bonds. The number of hydrogen-bond acceptors (Lipinski definition) is 2. The molecule has 0 aliphatic rings. The molecule has 0 saturated carbocycles. The number of rotatable bonds is 7. The van der Waals surface area contributed by atoms with Gasteiger partial charge in [0.25, 0.3) is 5.91 Å². The summed E-state index contributed by atoms with van der Waals surface area (Å²) in [4.78, 5) is 12.1. The first-order valence-corrected chi connectivity index (χ1v) is 7.57. The molecular formula is C16H23ClFNO2. The van der Waals surface area contributed by atoms with Crippen LogP contribution in [0.4, 0.5) is 4.39 Å². The summed E-state index contributed by atoms with van der Waals surface area (Å²) in [6, 6.07) is 2.61. The Morgan fingerprint density at radius 1 is 1.43 bits per heavy atom. The maximum atomic E-state index is 13.3. The summed E-state index contributed by atoms with van der Waals surface area (Å²) in [6.45, 7) is 6.38. The van der Waals surface area contributed by atoms with Gasteiger partial charge in [0.1, 0.15) is 5.82 Å². The Bertz CT molecular complexity index is 491. The molecule has 0 spiro atoms. The highest BCUT2D eigenvalue weighted by atomic mass is 35.5. The van der Waals surface area contributed by atoms with Crippen LogP contribution in [0.5, 0.6) is 0 Å². The summed E-state index contributed by atoms with van der Waals surface area (Å²) in [7, 11) is 0. The second-order valence-electron chi connectivity index (χ2n) is 5.80. The Morgan fingerprint density at radius 3 is 2.67 bits per heavy atom. The molecule has 1 rings (SSSR count). The van der Waals surface area contributed by atoms with Crippen molar-refractivity contribution in [3.63, 3.8) is 0 Å². The summed E-state index contributed by atoms with van der Waals surface area (Å²) in [5.41, 5.74) is 0.668. The average Bonchev–Trinajstić information content (AvgIpc) is 2.39. The van der Waals surface area contributed by atoms with Crippen molar-refractivity contribution < 1.29 is 14.3 Å². The van der Waals surface area contributed by atoms with Gasteiger partial charge in [0.05, 0.1) is 10.6 Å². The molecule has 0 aliphatic heterocycles. The van der Waals surface area contributed by atoms with Crippen LogP contribution in [0, 0.1) is 24.6 Å². The number of carbonyl (C=O) groups excluding carboxylic acids is 1. The Morgan fingerprint density at radius 2 is 2.10 bits per heavy atom. The monoisotopic (exact) mass is 315 g/mol. The Balaban J connectivity index is 2.70. The van der Waals surface area contributed by atoms with E-state index in [2.05, 4.69) is 19.2 Å². The van der Waals surface area contributed by atoms with E-state index in [-0.39, 0.29) is 29.0 Å². The minimum absolute atomic E-state index is 0.101. The molecule has 0 heterocycles. The van der Waals surface area contributed by atoms with E-state index in [1.54, 1.807) is 6.92 Å². The Kier molecular flexibility index (Phi) is 7.12. The molecule has 1 unspecified atom stereocenters. The van der Waals surface area contributed by atoms with Crippen LogP contribution >= 0.6 is 11.6 Å². The van der Waals surface area contributed by atoms with Crippen molar-refractivity contribution in [2.75, 3.05) is 13.2 Å². The highest BCUT2D eigenvalue weighted by Gasteiger charge is 2.16. The summed E-state index contributed by atoms with van der Waals surface area (Å²) in [5, 5.41) is 12.0. The zero-order valence-corrected chi connectivity index (χ0v) is 13.5. The maximum Gasteiger partial charge on any atom is 0.252 e. The topological polar surface area (TPSA) is 49.3 Å². The van der Waals surface area contributed by atoms with Crippen LogP contribution in [0.15, 0.2) is 12.1 Å². The molecule has 1 aromatic rings. The third kappa shape index (κ3) is 5.64. The summed E-state index contributed by atoms with van der Waals surface area (Å²) in [6.07, 6.45) is 1.58. The van der Waals surface area contributed by atoms with Gasteiger partial charge in [0.15, 0.2) is 0 Å². The van der Waals surface area contributed by atoms with E-state index >= 15 is 0 Å². The number of benzene rings is 1. The molecular weight excluding hydrogens is 293 g/mol. The van der Waals surface area contributed by atoms with Crippen molar-refractivity contribution in [1.82, 2.24) is 5.32 Å². The number of carbonyl (C=O) groups is 1. The van der Waals surface area contributed by atoms with Gasteiger partial charge in [-0.1, -0.05) is 25.4 Å². The lowest BCUT2D eigenvalue weighted by Gasteiger charge is -2.19. The number of nitrogens with one attached hydrogen (secondary N) is 1. The number of amides is 1. The summed E-state index contributed by atoms with van der Waals surface area (Å²) >= 11 is 5.92. The molecule has 0 radical (unpaired) electrons. The van der Waals surface area contributed by atoms with E-state index in [1.165, 1.54) is 6.07 Å². The van der Waals surface area contributed by atoms with Crippen molar-refractivity contribution in [2.24, 2.45) is 11.8 Å². The van der Waals surface area contributed by atoms with E-state index in [9.17, 15) is 9.18 Å². The summed E-state index contributed by atoms with van der Waals surface area (Å²) < 4.78 is 13.3. The molecule has 1 aromatic carbocycles. The van der Waals surface area contributed by atoms with Crippen molar-refractivity contribution in [2.45, 2.75) is 33.6 Å². The van der Waals surface area contributed by atoms with Crippen molar-refractivity contribution >= 4 is 17.5 Å². The second kappa shape index (κ2) is 8.35. The number of aryl methyl sites for hydroxylation is 1. The van der Waals surface area contributed by atoms with Gasteiger partial charge in [-0.2, -0.15) is 0 Å². The van der Waals surface area contributed by atoms with Gasteiger partial charge in [-0.3, -0.25) is 4.79 Å². The largest absolute Gasteiger partial charge is 0.396 e. The van der Waals surface area contributed by atoms with Gasteiger partial charge in [-0.25, -0.2) is 4.39 Å². The number of aliphatic hydroxyl groups is 1. The van der Waals surface area contributed by atoms with E-state index in [0.717, 1.165) is 12.5 Å². The van der Waals surface area contributed by atoms with Crippen LogP contribution in [0.2, 0.25) is 5.02 Å². The molecule has 1 atom stereocenters. The third-order valence-corrected chi connectivity index (χ3v) is 3.70. The standard InChI is InChI=1S/C16H23ClFNO2/c1-10(2)6-12(4-5-20)9-19-16(21)13-7-11(3)15(18)8-14(13)17/h7-8,10,12,20H,4-6,9H2,1-3H3,(H,19,21). The predicted molar refractivity (Wildman–Crippen MR) is 83.1 cm³/mol. The smallest absolute Gasteiger partial charge is 0.252 e. The zero-order valence-electron chi connectivity index (χ0n) is 12.7. The molecule has 0 fully saturated rings. The SMILES string of the molecule is Cc1cc(C(=O)NCC(CCO)CC(C)C)c(Cl)cc1F. The van der Waals surface area contributed by atoms with Gasteiger partial charge in [0, 0.05) is 13.2 Å². The molecule has 3 nitrogen and oxygen atoms in total. The van der Waals surface area contributed by atoms with Gasteiger partial charge in [-0.15, -0.1) is 0 Å². The van der Waals surface area contributed by atoms with Crippen LogP contribution in [-0.2, 0) is 0 Å². The maximum absolute atomic E-state index is 13.3. The zero-order chi connectivity index (χ0) is 16.0. The van der Waals surface area contributed by atoms with Crippen molar-refractivity contribution in [3.05, 3.63) is 34.1 Å². The summed E-state index contributed by atoms with van der Waals surface area (Å²) in [5.74, 6) is -0.0151. The number of aliphatic hydroxyl groups excluding tert-OH is 1. The highest BCUT2D eigenvalue weighted by Crippen LogP contribution is 2.21. The predicted octanol–water partition coefficient (Wildman–Crippen LogP) is 3.56. The normalized spacial score (nSPS) is 12.5. The Labute approximate surface area is 130 Å². The minimum Gasteiger partial charge on any atom is -0.396 e. The van der Waals surface area contributed by atoms with Crippen LogP contribution in [0.1, 0.15) is 42.6 Å². The second-order valence-corrected chi connectivity index (χ2v) is 6.21. The van der Waals surface area contributed by atoms with E-state index in [4.69, 9.17) is 16.7 Å². The first-order chi connectivity index (χ1) is 9.85. The lowest BCUT2D eigenvalue weighted by molar-refractivity contribution is 0.0941. The third-order valence-electron chi connectivity index (χ3n) is 3.39. The quantitative estimate of drug-likeness (QED) is 0.808. The molecule has 0 saturated heterocycles. The van der Waals surface area contributed by atoms with Gasteiger partial charge < -0.3 is 10.4 Å². The van der Waals surface area contributed by atoms with Crippen LogP contribution in [0.3, 0.4) is 0 Å². The van der Waals surface area contributed by atoms with E-state index in [1.807, 2.05) is 0 Å².